The second-order valence-corrected chi connectivity index (χ2v) is 4.83. The summed E-state index contributed by atoms with van der Waals surface area (Å²) in [4.78, 5) is 22.7. The van der Waals surface area contributed by atoms with E-state index in [4.69, 9.17) is 14.6 Å². The van der Waals surface area contributed by atoms with Gasteiger partial charge in [0.25, 0.3) is 0 Å². The van der Waals surface area contributed by atoms with E-state index >= 15 is 0 Å². The van der Waals surface area contributed by atoms with E-state index < -0.39 is 12.6 Å². The van der Waals surface area contributed by atoms with Crippen molar-refractivity contribution in [1.82, 2.24) is 0 Å². The lowest BCUT2D eigenvalue weighted by Gasteiger charge is -2.04. The molecule has 1 heterocycles. The Labute approximate surface area is 130 Å². The molecule has 0 saturated heterocycles. The molecular weight excluding hydrogens is 303 g/mol. The maximum Gasteiger partial charge on any atom is 0.341 e. The van der Waals surface area contributed by atoms with Gasteiger partial charge in [-0.2, -0.15) is 0 Å². The molecule has 5 nitrogen and oxygen atoms in total. The Morgan fingerprint density at radius 1 is 1.22 bits per heavy atom. The third-order valence-corrected chi connectivity index (χ3v) is 3.17. The van der Waals surface area contributed by atoms with E-state index in [1.54, 1.807) is 0 Å². The first-order valence-electron chi connectivity index (χ1n) is 6.71. The highest BCUT2D eigenvalue weighted by atomic mass is 19.1. The van der Waals surface area contributed by atoms with Crippen LogP contribution in [-0.4, -0.2) is 23.5 Å². The minimum atomic E-state index is -1.10. The molecule has 0 fully saturated rings. The van der Waals surface area contributed by atoms with Gasteiger partial charge in [-0.15, -0.1) is 0 Å². The zero-order chi connectivity index (χ0) is 16.4. The Kier molecular flexibility index (Phi) is 3.80. The first-order valence-corrected chi connectivity index (χ1v) is 6.71. The highest BCUT2D eigenvalue weighted by molar-refractivity contribution is 6.14. The van der Waals surface area contributed by atoms with Crippen LogP contribution in [0.25, 0.3) is 6.08 Å². The molecule has 0 aliphatic carbocycles. The molecule has 2 aromatic rings. The number of allylic oxidation sites excluding steroid dienone is 1. The highest BCUT2D eigenvalue weighted by Gasteiger charge is 2.27. The molecule has 0 saturated carbocycles. The summed E-state index contributed by atoms with van der Waals surface area (Å²) in [6, 6.07) is 10.1. The van der Waals surface area contributed by atoms with E-state index in [0.717, 1.165) is 0 Å². The van der Waals surface area contributed by atoms with E-state index in [0.29, 0.717) is 22.6 Å². The van der Waals surface area contributed by atoms with Crippen molar-refractivity contribution < 1.29 is 28.6 Å². The number of aliphatic carboxylic acids is 1. The fraction of sp³-hybridized carbons (Fsp3) is 0.0588. The molecule has 3 rings (SSSR count). The van der Waals surface area contributed by atoms with Crippen LogP contribution in [0.15, 0.2) is 48.2 Å². The Balaban J connectivity index is 1.83. The minimum absolute atomic E-state index is 0.113. The van der Waals surface area contributed by atoms with E-state index in [1.165, 1.54) is 48.5 Å². The first kappa shape index (κ1) is 14.8. The Morgan fingerprint density at radius 3 is 2.65 bits per heavy atom. The summed E-state index contributed by atoms with van der Waals surface area (Å²) < 4.78 is 23.4. The third-order valence-electron chi connectivity index (χ3n) is 3.17. The number of carboxylic acid groups (broad SMARTS) is 1. The smallest absolute Gasteiger partial charge is 0.341 e. The van der Waals surface area contributed by atoms with Crippen LogP contribution >= 0.6 is 0 Å². The number of hydrogen-bond donors (Lipinski definition) is 1. The molecule has 0 atom stereocenters. The fourth-order valence-corrected chi connectivity index (χ4v) is 2.11. The molecule has 0 bridgehead atoms. The summed E-state index contributed by atoms with van der Waals surface area (Å²) >= 11 is 0. The number of benzene rings is 2. The van der Waals surface area contributed by atoms with Gasteiger partial charge in [0.1, 0.15) is 17.3 Å². The van der Waals surface area contributed by atoms with Gasteiger partial charge in [0, 0.05) is 6.07 Å². The lowest BCUT2D eigenvalue weighted by molar-refractivity contribution is -0.139. The molecule has 1 aliphatic heterocycles. The number of ether oxygens (including phenoxy) is 2. The van der Waals surface area contributed by atoms with Crippen LogP contribution in [0.1, 0.15) is 15.9 Å². The van der Waals surface area contributed by atoms with Crippen LogP contribution in [0.4, 0.5) is 4.39 Å². The average molecular weight is 314 g/mol. The maximum absolute atomic E-state index is 12.9. The summed E-state index contributed by atoms with van der Waals surface area (Å²) in [6.45, 7) is -0.481. The Morgan fingerprint density at radius 2 is 1.96 bits per heavy atom. The van der Waals surface area contributed by atoms with Crippen LogP contribution in [0.3, 0.4) is 0 Å². The van der Waals surface area contributed by atoms with Crippen LogP contribution < -0.4 is 9.47 Å². The zero-order valence-corrected chi connectivity index (χ0v) is 11.8. The number of ketones is 1. The van der Waals surface area contributed by atoms with Gasteiger partial charge in [-0.1, -0.05) is 12.1 Å². The van der Waals surface area contributed by atoms with E-state index in [-0.39, 0.29) is 17.4 Å². The molecule has 0 spiro atoms. The summed E-state index contributed by atoms with van der Waals surface area (Å²) in [7, 11) is 0. The van der Waals surface area contributed by atoms with Crippen molar-refractivity contribution in [3.63, 3.8) is 0 Å². The van der Waals surface area contributed by atoms with Crippen molar-refractivity contribution >= 4 is 17.8 Å². The molecule has 0 amide bonds. The molecule has 0 unspecified atom stereocenters. The van der Waals surface area contributed by atoms with Crippen molar-refractivity contribution in [2.45, 2.75) is 0 Å². The van der Waals surface area contributed by atoms with Gasteiger partial charge < -0.3 is 14.6 Å². The van der Waals surface area contributed by atoms with Crippen molar-refractivity contribution in [2.24, 2.45) is 0 Å². The van der Waals surface area contributed by atoms with Crippen molar-refractivity contribution in [2.75, 3.05) is 6.61 Å². The van der Waals surface area contributed by atoms with Crippen LogP contribution in [0.2, 0.25) is 0 Å². The van der Waals surface area contributed by atoms with Crippen LogP contribution in [0, 0.1) is 5.82 Å². The minimum Gasteiger partial charge on any atom is -0.482 e. The average Bonchev–Trinajstić information content (AvgIpc) is 2.83. The second kappa shape index (κ2) is 5.92. The number of rotatable bonds is 4. The number of carbonyl (C=O) groups excluding carboxylic acids is 1. The predicted molar refractivity (Wildman–Crippen MR) is 78.9 cm³/mol. The zero-order valence-electron chi connectivity index (χ0n) is 11.8. The fourth-order valence-electron chi connectivity index (χ4n) is 2.11. The molecule has 2 aromatic carbocycles. The van der Waals surface area contributed by atoms with Gasteiger partial charge in [0.2, 0.25) is 5.78 Å². The van der Waals surface area contributed by atoms with E-state index in [2.05, 4.69) is 0 Å². The van der Waals surface area contributed by atoms with Gasteiger partial charge in [0.15, 0.2) is 12.4 Å². The summed E-state index contributed by atoms with van der Waals surface area (Å²) in [5, 5.41) is 8.59. The third kappa shape index (κ3) is 3.21. The number of carbonyl (C=O) groups is 2. The molecule has 0 aromatic heterocycles. The van der Waals surface area contributed by atoms with Gasteiger partial charge >= 0.3 is 5.97 Å². The summed E-state index contributed by atoms with van der Waals surface area (Å²) in [5.41, 5.74) is 0.992. The molecule has 116 valence electrons. The first-order chi connectivity index (χ1) is 11.0. The molecule has 1 aliphatic rings. The molecule has 1 N–H and O–H groups in total. The second-order valence-electron chi connectivity index (χ2n) is 4.83. The summed E-state index contributed by atoms with van der Waals surface area (Å²) in [6.07, 6.45) is 1.51. The number of Topliss-reactive ketones (excluding diaryl/α,β-unsaturated/α-hetero) is 1. The van der Waals surface area contributed by atoms with Crippen LogP contribution in [-0.2, 0) is 4.79 Å². The van der Waals surface area contributed by atoms with E-state index in [1.807, 2.05) is 0 Å². The van der Waals surface area contributed by atoms with E-state index in [9.17, 15) is 14.0 Å². The van der Waals surface area contributed by atoms with Crippen molar-refractivity contribution in [3.05, 3.63) is 65.2 Å². The Bertz CT molecular complexity index is 808. The van der Waals surface area contributed by atoms with Gasteiger partial charge in [0.05, 0.1) is 5.56 Å². The SMILES string of the molecule is O=C(O)COc1ccc2c(c1)OC(=Cc1ccc(F)cc1)C2=O. The van der Waals surface area contributed by atoms with Gasteiger partial charge in [-0.25, -0.2) is 9.18 Å². The van der Waals surface area contributed by atoms with Gasteiger partial charge in [-0.3, -0.25) is 4.79 Å². The number of halogens is 1. The van der Waals surface area contributed by atoms with Crippen molar-refractivity contribution in [3.8, 4) is 11.5 Å². The molecule has 23 heavy (non-hydrogen) atoms. The number of fused-ring (bicyclic) bond motifs is 1. The van der Waals surface area contributed by atoms with Crippen molar-refractivity contribution in [1.29, 1.82) is 0 Å². The summed E-state index contributed by atoms with van der Waals surface area (Å²) in [5.74, 6) is -1.06. The predicted octanol–water partition coefficient (Wildman–Crippen LogP) is 2.91. The lowest BCUT2D eigenvalue weighted by atomic mass is 10.1. The topological polar surface area (TPSA) is 72.8 Å². The largest absolute Gasteiger partial charge is 0.482 e. The molecule has 0 radical (unpaired) electrons. The van der Waals surface area contributed by atoms with Gasteiger partial charge in [-0.05, 0) is 35.9 Å². The highest BCUT2D eigenvalue weighted by Crippen LogP contribution is 2.34. The lowest BCUT2D eigenvalue weighted by Crippen LogP contribution is -2.09. The molecular formula is C17H11FO5. The molecule has 6 heteroatoms. The Hall–Kier alpha value is -3.15. The standard InChI is InChI=1S/C17H11FO5/c18-11-3-1-10(2-4-11)7-15-17(21)13-6-5-12(8-14(13)23-15)22-9-16(19)20/h1-8H,9H2,(H,19,20). The monoisotopic (exact) mass is 314 g/mol. The maximum atomic E-state index is 12.9. The van der Waals surface area contributed by atoms with Crippen LogP contribution in [0.5, 0.6) is 11.5 Å². The number of hydrogen-bond acceptors (Lipinski definition) is 4. The quantitative estimate of drug-likeness (QED) is 0.879. The number of carboxylic acids is 1. The normalized spacial score (nSPS) is 14.5.